The van der Waals surface area contributed by atoms with Gasteiger partial charge in [-0.15, -0.1) is 0 Å². The third kappa shape index (κ3) is 5.90. The summed E-state index contributed by atoms with van der Waals surface area (Å²) in [5.41, 5.74) is 6.88. The number of ether oxygens (including phenoxy) is 2. The zero-order chi connectivity index (χ0) is 25.2. The maximum atomic E-state index is 13.6. The average Bonchev–Trinajstić information content (AvgIpc) is 3.60. The van der Waals surface area contributed by atoms with Gasteiger partial charge in [-0.3, -0.25) is 9.59 Å². The predicted molar refractivity (Wildman–Crippen MR) is 131 cm³/mol. The van der Waals surface area contributed by atoms with Gasteiger partial charge in [0, 0.05) is 11.1 Å². The number of hydrogen-bond acceptors (Lipinski definition) is 6. The Morgan fingerprint density at radius 2 is 1.83 bits per heavy atom. The van der Waals surface area contributed by atoms with E-state index < -0.39 is 17.5 Å². The number of carbonyl (C=O) groups is 2. The van der Waals surface area contributed by atoms with Gasteiger partial charge in [0.2, 0.25) is 0 Å². The van der Waals surface area contributed by atoms with Crippen LogP contribution in [0.5, 0.6) is 11.5 Å². The fourth-order valence-corrected chi connectivity index (χ4v) is 3.67. The second kappa shape index (κ2) is 10.2. The van der Waals surface area contributed by atoms with Crippen LogP contribution in [0.4, 0.5) is 4.39 Å². The lowest BCUT2D eigenvalue weighted by atomic mass is 10.1. The van der Waals surface area contributed by atoms with Gasteiger partial charge in [0.15, 0.2) is 5.78 Å². The van der Waals surface area contributed by atoms with E-state index in [1.54, 1.807) is 18.2 Å². The summed E-state index contributed by atoms with van der Waals surface area (Å²) in [7, 11) is 1.45. The van der Waals surface area contributed by atoms with Crippen LogP contribution in [0.2, 0.25) is 10.0 Å². The summed E-state index contributed by atoms with van der Waals surface area (Å²) < 4.78 is 24.5. The molecule has 3 N–H and O–H groups in total. The van der Waals surface area contributed by atoms with E-state index in [-0.39, 0.29) is 33.4 Å². The highest BCUT2D eigenvalue weighted by molar-refractivity contribution is 6.32. The first-order chi connectivity index (χ1) is 16.7. The van der Waals surface area contributed by atoms with Crippen LogP contribution in [0.25, 0.3) is 11.3 Å². The first-order valence-corrected chi connectivity index (χ1v) is 11.5. The lowest BCUT2D eigenvalue weighted by molar-refractivity contribution is 0.0902. The predicted octanol–water partition coefficient (Wildman–Crippen LogP) is 4.69. The van der Waals surface area contributed by atoms with E-state index in [4.69, 9.17) is 38.4 Å². The zero-order valence-corrected chi connectivity index (χ0v) is 20.3. The summed E-state index contributed by atoms with van der Waals surface area (Å²) in [5.74, 6) is -0.669. The number of ketones is 1. The Kier molecular flexibility index (Phi) is 7.25. The van der Waals surface area contributed by atoms with Gasteiger partial charge < -0.3 is 20.5 Å². The molecule has 182 valence electrons. The van der Waals surface area contributed by atoms with Crippen LogP contribution in [0.1, 0.15) is 33.7 Å². The molecule has 1 amide bonds. The Balaban J connectivity index is 1.43. The summed E-state index contributed by atoms with van der Waals surface area (Å²) >= 11 is 12.1. The van der Waals surface area contributed by atoms with Crippen molar-refractivity contribution in [2.24, 2.45) is 5.73 Å². The molecule has 35 heavy (non-hydrogen) atoms. The smallest absolute Gasteiger partial charge is 0.251 e. The molecule has 3 aromatic rings. The Bertz CT molecular complexity index is 1300. The van der Waals surface area contributed by atoms with E-state index >= 15 is 0 Å². The van der Waals surface area contributed by atoms with Crippen LogP contribution in [0.15, 0.2) is 48.5 Å². The van der Waals surface area contributed by atoms with Crippen molar-refractivity contribution in [3.8, 4) is 22.8 Å². The minimum Gasteiger partial charge on any atom is -0.494 e. The number of amides is 1. The Morgan fingerprint density at radius 1 is 1.09 bits per heavy atom. The molecule has 7 nitrogen and oxygen atoms in total. The van der Waals surface area contributed by atoms with Gasteiger partial charge in [0.1, 0.15) is 35.3 Å². The maximum Gasteiger partial charge on any atom is 0.251 e. The van der Waals surface area contributed by atoms with Crippen molar-refractivity contribution in [3.63, 3.8) is 0 Å². The second-order valence-corrected chi connectivity index (χ2v) is 9.09. The number of nitrogens with zero attached hydrogens (tertiary/aromatic N) is 1. The molecule has 1 heterocycles. The first kappa shape index (κ1) is 24.9. The number of halogens is 3. The molecule has 0 atom stereocenters. The summed E-state index contributed by atoms with van der Waals surface area (Å²) in [5, 5.41) is 2.75. The van der Waals surface area contributed by atoms with Gasteiger partial charge in [0.05, 0.1) is 29.2 Å². The van der Waals surface area contributed by atoms with E-state index in [0.29, 0.717) is 29.4 Å². The molecule has 0 spiro atoms. The van der Waals surface area contributed by atoms with Crippen LogP contribution < -0.4 is 20.5 Å². The Morgan fingerprint density at radius 3 is 2.49 bits per heavy atom. The summed E-state index contributed by atoms with van der Waals surface area (Å²) in [6.45, 7) is 0.0566. The van der Waals surface area contributed by atoms with Crippen molar-refractivity contribution in [1.82, 2.24) is 10.3 Å². The average molecular weight is 518 g/mol. The fraction of sp³-hybridized carbons (Fsp3) is 0.240. The van der Waals surface area contributed by atoms with Crippen molar-refractivity contribution in [1.29, 1.82) is 0 Å². The molecule has 10 heteroatoms. The van der Waals surface area contributed by atoms with Gasteiger partial charge >= 0.3 is 0 Å². The van der Waals surface area contributed by atoms with E-state index in [0.717, 1.165) is 12.8 Å². The SMILES string of the molecule is COc1ccc(C(=O)CNC(=O)c2ccc(OCC3(N)CC3)c(Cl)c2)nc1-c1ccc(F)c(Cl)c1. The molecule has 0 bridgehead atoms. The number of methoxy groups -OCH3 is 1. The van der Waals surface area contributed by atoms with Crippen LogP contribution in [-0.4, -0.2) is 42.5 Å². The van der Waals surface area contributed by atoms with Gasteiger partial charge in [-0.25, -0.2) is 9.37 Å². The number of pyridine rings is 1. The molecule has 0 saturated heterocycles. The molecule has 0 unspecified atom stereocenters. The normalized spacial score (nSPS) is 13.7. The molecule has 0 radical (unpaired) electrons. The minimum absolute atomic E-state index is 0.0829. The third-order valence-electron chi connectivity index (χ3n) is 5.57. The van der Waals surface area contributed by atoms with Crippen molar-refractivity contribution in [3.05, 3.63) is 75.7 Å². The minimum atomic E-state index is -0.574. The Hall–Kier alpha value is -3.20. The number of benzene rings is 2. The number of nitrogens with one attached hydrogen (secondary N) is 1. The van der Waals surface area contributed by atoms with Crippen molar-refractivity contribution in [2.45, 2.75) is 18.4 Å². The lowest BCUT2D eigenvalue weighted by Crippen LogP contribution is -2.30. The molecule has 0 aliphatic heterocycles. The zero-order valence-electron chi connectivity index (χ0n) is 18.7. The summed E-state index contributed by atoms with van der Waals surface area (Å²) in [4.78, 5) is 29.6. The number of rotatable bonds is 9. The molecular formula is C25H22Cl2FN3O4. The largest absolute Gasteiger partial charge is 0.494 e. The molecule has 4 rings (SSSR count). The molecule has 2 aromatic carbocycles. The Labute approximate surface area is 211 Å². The van der Waals surface area contributed by atoms with Gasteiger partial charge in [-0.2, -0.15) is 0 Å². The maximum absolute atomic E-state index is 13.6. The summed E-state index contributed by atoms with van der Waals surface area (Å²) in [6, 6.07) is 11.7. The molecule has 1 aliphatic carbocycles. The van der Waals surface area contributed by atoms with Crippen molar-refractivity contribution < 1.29 is 23.5 Å². The van der Waals surface area contributed by atoms with Crippen molar-refractivity contribution in [2.75, 3.05) is 20.3 Å². The van der Waals surface area contributed by atoms with Crippen molar-refractivity contribution >= 4 is 34.9 Å². The monoisotopic (exact) mass is 517 g/mol. The fourth-order valence-electron chi connectivity index (χ4n) is 3.26. The topological polar surface area (TPSA) is 104 Å². The van der Waals surface area contributed by atoms with Crippen LogP contribution in [0, 0.1) is 5.82 Å². The highest BCUT2D eigenvalue weighted by Gasteiger charge is 2.39. The highest BCUT2D eigenvalue weighted by Crippen LogP contribution is 2.34. The second-order valence-electron chi connectivity index (χ2n) is 8.28. The molecular weight excluding hydrogens is 496 g/mol. The van der Waals surface area contributed by atoms with Crippen LogP contribution in [0.3, 0.4) is 0 Å². The third-order valence-corrected chi connectivity index (χ3v) is 6.15. The van der Waals surface area contributed by atoms with Crippen LogP contribution >= 0.6 is 23.2 Å². The standard InChI is InChI=1S/C25H22Cl2FN3O4/c1-34-22-7-5-19(31-23(22)14-2-4-18(28)16(26)10-14)20(32)12-30-24(33)15-3-6-21(17(27)11-15)35-13-25(29)8-9-25/h2-7,10-11H,8-9,12-13,29H2,1H3,(H,30,33). The van der Waals surface area contributed by atoms with E-state index in [1.807, 2.05) is 0 Å². The van der Waals surface area contributed by atoms with E-state index in [2.05, 4.69) is 10.3 Å². The van der Waals surface area contributed by atoms with E-state index in [1.165, 1.54) is 37.4 Å². The summed E-state index contributed by atoms with van der Waals surface area (Å²) in [6.07, 6.45) is 1.81. The number of hydrogen-bond donors (Lipinski definition) is 2. The molecule has 1 aliphatic rings. The van der Waals surface area contributed by atoms with Crippen LogP contribution in [-0.2, 0) is 0 Å². The molecule has 1 fully saturated rings. The number of nitrogens with two attached hydrogens (primary N) is 1. The molecule has 1 saturated carbocycles. The number of Topliss-reactive ketones (excluding diaryl/α,β-unsaturated/α-hetero) is 1. The van der Waals surface area contributed by atoms with Gasteiger partial charge in [-0.1, -0.05) is 23.2 Å². The highest BCUT2D eigenvalue weighted by atomic mass is 35.5. The first-order valence-electron chi connectivity index (χ1n) is 10.7. The van der Waals surface area contributed by atoms with E-state index in [9.17, 15) is 14.0 Å². The van der Waals surface area contributed by atoms with Gasteiger partial charge in [-0.05, 0) is 61.4 Å². The quantitative estimate of drug-likeness (QED) is 0.399. The number of carbonyl (C=O) groups excluding carboxylic acids is 2. The lowest BCUT2D eigenvalue weighted by Gasteiger charge is -2.13. The van der Waals surface area contributed by atoms with Gasteiger partial charge in [0.25, 0.3) is 5.91 Å². The molecule has 1 aromatic heterocycles. The number of aromatic nitrogens is 1.